The summed E-state index contributed by atoms with van der Waals surface area (Å²) in [5.74, 6) is 0.799. The van der Waals surface area contributed by atoms with Gasteiger partial charge in [-0.3, -0.25) is 9.69 Å². The zero-order valence-electron chi connectivity index (χ0n) is 16.2. The number of carbonyl (C=O) groups excluding carboxylic acids is 2. The van der Waals surface area contributed by atoms with E-state index in [0.29, 0.717) is 41.7 Å². The number of carbonyl (C=O) groups is 2. The van der Waals surface area contributed by atoms with Crippen LogP contribution in [0.1, 0.15) is 37.3 Å². The number of halogens is 1. The smallest absolute Gasteiger partial charge is 0.325 e. The zero-order chi connectivity index (χ0) is 20.4. The van der Waals surface area contributed by atoms with Gasteiger partial charge in [-0.15, -0.1) is 0 Å². The van der Waals surface area contributed by atoms with Crippen LogP contribution in [0.3, 0.4) is 0 Å². The fourth-order valence-electron chi connectivity index (χ4n) is 3.93. The molecule has 6 nitrogen and oxygen atoms in total. The fraction of sp³-hybridized carbons (Fsp3) is 0.364. The number of rotatable bonds is 5. The first-order valence-corrected chi connectivity index (χ1v) is 10.2. The van der Waals surface area contributed by atoms with Crippen molar-refractivity contribution in [1.82, 2.24) is 10.2 Å². The van der Waals surface area contributed by atoms with E-state index in [9.17, 15) is 9.59 Å². The quantitative estimate of drug-likeness (QED) is 0.743. The van der Waals surface area contributed by atoms with E-state index in [1.165, 1.54) is 4.90 Å². The van der Waals surface area contributed by atoms with Crippen molar-refractivity contribution >= 4 is 23.5 Å². The Kier molecular flexibility index (Phi) is 5.37. The first kappa shape index (κ1) is 19.6. The van der Waals surface area contributed by atoms with Crippen molar-refractivity contribution in [3.05, 3.63) is 58.6 Å². The molecule has 29 heavy (non-hydrogen) atoms. The average molecular weight is 415 g/mol. The van der Waals surface area contributed by atoms with Crippen molar-refractivity contribution in [2.24, 2.45) is 0 Å². The Bertz CT molecular complexity index is 934. The van der Waals surface area contributed by atoms with Crippen molar-refractivity contribution in [3.8, 4) is 11.5 Å². The SMILES string of the molecule is CCC[C@@]1(c2ccccc2)NC(=O)N(Cc2cc(Cl)c3c(c2)OCCCO3)C1=O. The Morgan fingerprint density at radius 2 is 1.90 bits per heavy atom. The van der Waals surface area contributed by atoms with Crippen LogP contribution in [0, 0.1) is 0 Å². The second-order valence-corrected chi connectivity index (χ2v) is 7.71. The highest BCUT2D eigenvalue weighted by Crippen LogP contribution is 2.39. The van der Waals surface area contributed by atoms with Gasteiger partial charge in [-0.1, -0.05) is 55.3 Å². The topological polar surface area (TPSA) is 67.9 Å². The van der Waals surface area contributed by atoms with Crippen molar-refractivity contribution in [2.45, 2.75) is 38.3 Å². The Morgan fingerprint density at radius 3 is 2.66 bits per heavy atom. The molecule has 152 valence electrons. The van der Waals surface area contributed by atoms with Gasteiger partial charge in [0.15, 0.2) is 11.5 Å². The van der Waals surface area contributed by atoms with Gasteiger partial charge in [-0.2, -0.15) is 0 Å². The highest BCUT2D eigenvalue weighted by Gasteiger charge is 2.51. The number of ether oxygens (including phenoxy) is 2. The molecule has 7 heteroatoms. The minimum Gasteiger partial charge on any atom is -0.489 e. The van der Waals surface area contributed by atoms with Crippen molar-refractivity contribution in [1.29, 1.82) is 0 Å². The minimum atomic E-state index is -1.04. The van der Waals surface area contributed by atoms with E-state index in [2.05, 4.69) is 5.32 Å². The molecule has 2 aliphatic heterocycles. The number of nitrogens with zero attached hydrogens (tertiary/aromatic N) is 1. The van der Waals surface area contributed by atoms with Crippen LogP contribution in [0.5, 0.6) is 11.5 Å². The van der Waals surface area contributed by atoms with Crippen molar-refractivity contribution in [3.63, 3.8) is 0 Å². The second-order valence-electron chi connectivity index (χ2n) is 7.30. The van der Waals surface area contributed by atoms with Crippen molar-refractivity contribution < 1.29 is 19.1 Å². The van der Waals surface area contributed by atoms with E-state index in [1.807, 2.05) is 37.3 Å². The summed E-state index contributed by atoms with van der Waals surface area (Å²) in [5.41, 5.74) is 0.463. The van der Waals surface area contributed by atoms with E-state index in [1.54, 1.807) is 12.1 Å². The van der Waals surface area contributed by atoms with Crippen LogP contribution in [-0.2, 0) is 16.9 Å². The Balaban J connectivity index is 1.65. The summed E-state index contributed by atoms with van der Waals surface area (Å²) in [4.78, 5) is 27.4. The maximum Gasteiger partial charge on any atom is 0.325 e. The molecule has 1 atom stereocenters. The van der Waals surface area contributed by atoms with Crippen LogP contribution >= 0.6 is 11.6 Å². The lowest BCUT2D eigenvalue weighted by Crippen LogP contribution is -2.43. The summed E-state index contributed by atoms with van der Waals surface area (Å²) in [6.07, 6.45) is 2.05. The zero-order valence-corrected chi connectivity index (χ0v) is 17.0. The molecule has 3 amide bonds. The highest BCUT2D eigenvalue weighted by atomic mass is 35.5. The molecular weight excluding hydrogens is 392 g/mol. The monoisotopic (exact) mass is 414 g/mol. The third-order valence-corrected chi connectivity index (χ3v) is 5.55. The number of amides is 3. The van der Waals surface area contributed by atoms with Crippen LogP contribution in [-0.4, -0.2) is 30.1 Å². The van der Waals surface area contributed by atoms with Crippen LogP contribution in [0.4, 0.5) is 4.79 Å². The van der Waals surface area contributed by atoms with Crippen LogP contribution < -0.4 is 14.8 Å². The first-order chi connectivity index (χ1) is 14.0. The molecule has 0 unspecified atom stereocenters. The minimum absolute atomic E-state index is 0.110. The molecular formula is C22H23ClN2O4. The molecule has 2 aromatic rings. The summed E-state index contributed by atoms with van der Waals surface area (Å²) >= 11 is 6.37. The van der Waals surface area contributed by atoms with E-state index >= 15 is 0 Å². The Morgan fingerprint density at radius 1 is 1.14 bits per heavy atom. The highest BCUT2D eigenvalue weighted by molar-refractivity contribution is 6.32. The van der Waals surface area contributed by atoms with Gasteiger partial charge in [0.2, 0.25) is 0 Å². The van der Waals surface area contributed by atoms with Gasteiger partial charge in [-0.05, 0) is 29.7 Å². The van der Waals surface area contributed by atoms with Gasteiger partial charge >= 0.3 is 6.03 Å². The third-order valence-electron chi connectivity index (χ3n) is 5.27. The molecule has 1 saturated heterocycles. The number of urea groups is 1. The second kappa shape index (κ2) is 7.95. The molecule has 4 rings (SSSR count). The molecule has 1 fully saturated rings. The summed E-state index contributed by atoms with van der Waals surface area (Å²) in [6, 6.07) is 12.5. The summed E-state index contributed by atoms with van der Waals surface area (Å²) in [7, 11) is 0. The first-order valence-electron chi connectivity index (χ1n) is 9.83. The van der Waals surface area contributed by atoms with E-state index in [-0.39, 0.29) is 12.5 Å². The van der Waals surface area contributed by atoms with Gasteiger partial charge in [0.05, 0.1) is 24.8 Å². The predicted octanol–water partition coefficient (Wildman–Crippen LogP) is 4.25. The van der Waals surface area contributed by atoms with Crippen LogP contribution in [0.25, 0.3) is 0 Å². The molecule has 0 aromatic heterocycles. The molecule has 2 aliphatic rings. The molecule has 0 radical (unpaired) electrons. The predicted molar refractivity (Wildman–Crippen MR) is 109 cm³/mol. The standard InChI is InChI=1S/C22H23ClN2O4/c1-2-9-22(16-7-4-3-5-8-16)20(26)25(21(27)24-22)14-15-12-17(23)19-18(13-15)28-10-6-11-29-19/h3-5,7-8,12-13H,2,6,9-11,14H2,1H3,(H,24,27)/t22-/m0/s1. The lowest BCUT2D eigenvalue weighted by atomic mass is 9.85. The Labute approximate surface area is 174 Å². The van der Waals surface area contributed by atoms with E-state index in [4.69, 9.17) is 21.1 Å². The van der Waals surface area contributed by atoms with Crippen molar-refractivity contribution in [2.75, 3.05) is 13.2 Å². The van der Waals surface area contributed by atoms with E-state index in [0.717, 1.165) is 18.4 Å². The van der Waals surface area contributed by atoms with Crippen LogP contribution in [0.2, 0.25) is 5.02 Å². The number of hydrogen-bond donors (Lipinski definition) is 1. The normalized spacial score (nSPS) is 21.1. The Hall–Kier alpha value is -2.73. The van der Waals surface area contributed by atoms with Crippen LogP contribution in [0.15, 0.2) is 42.5 Å². The molecule has 0 bridgehead atoms. The molecule has 2 heterocycles. The molecule has 0 spiro atoms. The number of fused-ring (bicyclic) bond motifs is 1. The van der Waals surface area contributed by atoms with Gasteiger partial charge in [0.1, 0.15) is 5.54 Å². The lowest BCUT2D eigenvalue weighted by Gasteiger charge is -2.27. The lowest BCUT2D eigenvalue weighted by molar-refractivity contribution is -0.132. The number of imide groups is 1. The largest absolute Gasteiger partial charge is 0.489 e. The van der Waals surface area contributed by atoms with Gasteiger partial charge in [0.25, 0.3) is 5.91 Å². The molecule has 0 aliphatic carbocycles. The number of hydrogen-bond acceptors (Lipinski definition) is 4. The van der Waals surface area contributed by atoms with Gasteiger partial charge < -0.3 is 14.8 Å². The number of benzene rings is 2. The molecule has 1 N–H and O–H groups in total. The van der Waals surface area contributed by atoms with Gasteiger partial charge in [0, 0.05) is 6.42 Å². The van der Waals surface area contributed by atoms with E-state index < -0.39 is 11.6 Å². The maximum atomic E-state index is 13.4. The summed E-state index contributed by atoms with van der Waals surface area (Å²) in [5, 5.41) is 3.35. The average Bonchev–Trinajstić information content (AvgIpc) is 2.88. The summed E-state index contributed by atoms with van der Waals surface area (Å²) in [6.45, 7) is 3.18. The molecule has 0 saturated carbocycles. The van der Waals surface area contributed by atoms with Gasteiger partial charge in [-0.25, -0.2) is 4.79 Å². The summed E-state index contributed by atoms with van der Waals surface area (Å²) < 4.78 is 11.4. The molecule has 2 aromatic carbocycles. The fourth-order valence-corrected chi connectivity index (χ4v) is 4.22. The third kappa shape index (κ3) is 3.53. The maximum absolute atomic E-state index is 13.4. The number of nitrogens with one attached hydrogen (secondary N) is 1.